The summed E-state index contributed by atoms with van der Waals surface area (Å²) in [6.07, 6.45) is 1.57. The van der Waals surface area contributed by atoms with Gasteiger partial charge in [0.05, 0.1) is 0 Å². The molecule has 6 heavy (non-hydrogen) atoms. The molecule has 0 aromatic rings. The van der Waals surface area contributed by atoms with Crippen LogP contribution >= 0.6 is 7.77 Å². The predicted octanol–water partition coefficient (Wildman–Crippen LogP) is 0.228. The van der Waals surface area contributed by atoms with Crippen molar-refractivity contribution >= 4 is 13.2 Å². The summed E-state index contributed by atoms with van der Waals surface area (Å²) in [5.41, 5.74) is 2.59. The molecule has 1 atom stereocenters. The molecule has 1 rings (SSSR count). The minimum Gasteiger partial charge on any atom is -0.618 e. The molecule has 1 unspecified atom stereocenters. The van der Waals surface area contributed by atoms with Crippen LogP contribution in [-0.4, -0.2) is 5.45 Å². The van der Waals surface area contributed by atoms with E-state index in [0.29, 0.717) is 0 Å². The smallest absolute Gasteiger partial charge is 0.237 e. The molecule has 1 heterocycles. The zero-order chi connectivity index (χ0) is 4.57. The highest BCUT2D eigenvalue weighted by atomic mass is 31.1. The fourth-order valence-corrected chi connectivity index (χ4v) is 0.745. The van der Waals surface area contributed by atoms with E-state index in [-0.39, 0.29) is 0 Å². The van der Waals surface area contributed by atoms with Crippen LogP contribution in [0.5, 0.6) is 0 Å². The molecule has 0 N–H and O–H groups in total. The molecule has 2 heteroatoms. The number of allylic oxidation sites excluding steroid dienone is 2. The van der Waals surface area contributed by atoms with Crippen molar-refractivity contribution in [3.8, 4) is 0 Å². The molecule has 0 fully saturated rings. The lowest BCUT2D eigenvalue weighted by Gasteiger charge is -1.66. The molecule has 0 bridgehead atoms. The van der Waals surface area contributed by atoms with Gasteiger partial charge in [0.2, 0.25) is 5.31 Å². The van der Waals surface area contributed by atoms with Crippen molar-refractivity contribution in [3.63, 3.8) is 0 Å². The first-order chi connectivity index (χ1) is 2.84. The van der Waals surface area contributed by atoms with Gasteiger partial charge in [0.1, 0.15) is 5.45 Å². The number of hydrogen-bond acceptors (Lipinski definition) is 1. The molecule has 0 aromatic heterocycles. The zero-order valence-corrected chi connectivity index (χ0v) is 4.03. The highest BCUT2D eigenvalue weighted by Crippen LogP contribution is 2.32. The van der Waals surface area contributed by atoms with Crippen molar-refractivity contribution in [2.45, 2.75) is 0 Å². The Hall–Kier alpha value is -0.350. The van der Waals surface area contributed by atoms with Gasteiger partial charge in [-0.15, -0.1) is 0 Å². The fourth-order valence-electron chi connectivity index (χ4n) is 0.208. The Kier molecular flexibility index (Phi) is 0.675. The Labute approximate surface area is 37.1 Å². The summed E-state index contributed by atoms with van der Waals surface area (Å²) in [6, 6.07) is 0. The fraction of sp³-hybridized carbons (Fsp3) is 0. The van der Waals surface area contributed by atoms with Gasteiger partial charge < -0.3 is 4.89 Å². The summed E-state index contributed by atoms with van der Waals surface area (Å²) >= 11 is 0. The maximum Gasteiger partial charge on any atom is 0.237 e. The molecule has 1 aliphatic rings. The Balaban J connectivity index is 2.54. The van der Waals surface area contributed by atoms with Gasteiger partial charge in [-0.3, -0.25) is 0 Å². The Morgan fingerprint density at radius 3 is 2.50 bits per heavy atom. The van der Waals surface area contributed by atoms with Crippen LogP contribution in [0.2, 0.25) is 0 Å². The van der Waals surface area contributed by atoms with E-state index in [1.165, 1.54) is 0 Å². The predicted molar refractivity (Wildman–Crippen MR) is 25.6 cm³/mol. The molecule has 0 radical (unpaired) electrons. The van der Waals surface area contributed by atoms with Crippen LogP contribution in [-0.2, 0) is 0 Å². The van der Waals surface area contributed by atoms with E-state index in [4.69, 9.17) is 0 Å². The van der Waals surface area contributed by atoms with Crippen molar-refractivity contribution in [3.05, 3.63) is 18.0 Å². The maximum absolute atomic E-state index is 10.0. The van der Waals surface area contributed by atoms with Gasteiger partial charge >= 0.3 is 0 Å². The minimum absolute atomic E-state index is 0.782. The topological polar surface area (TPSA) is 23.1 Å². The maximum atomic E-state index is 10.0. The monoisotopic (exact) mass is 98.0 g/mol. The van der Waals surface area contributed by atoms with Gasteiger partial charge in [0.25, 0.3) is 0 Å². The summed E-state index contributed by atoms with van der Waals surface area (Å²) in [5, 5.41) is 0.782. The third-order valence-corrected chi connectivity index (χ3v) is 1.53. The standard InChI is InChI=1S/C4H3OP/c1-2-4-3-6(4)5/h2H,1H2. The molecule has 0 spiro atoms. The van der Waals surface area contributed by atoms with E-state index in [2.05, 4.69) is 12.0 Å². The quantitative estimate of drug-likeness (QED) is 0.430. The number of rotatable bonds is 1. The van der Waals surface area contributed by atoms with E-state index in [1.807, 2.05) is 0 Å². The SMILES string of the molecule is C=CC1=C=[P+]1[O-]. The van der Waals surface area contributed by atoms with Crippen LogP contribution in [0.1, 0.15) is 0 Å². The minimum atomic E-state index is -1.14. The van der Waals surface area contributed by atoms with E-state index < -0.39 is 7.77 Å². The van der Waals surface area contributed by atoms with E-state index >= 15 is 0 Å². The summed E-state index contributed by atoms with van der Waals surface area (Å²) in [6.45, 7) is 3.39. The first kappa shape index (κ1) is 3.83. The van der Waals surface area contributed by atoms with E-state index in [9.17, 15) is 4.89 Å². The second-order valence-electron chi connectivity index (χ2n) is 0.996. The van der Waals surface area contributed by atoms with Crippen LogP contribution in [0.3, 0.4) is 0 Å². The van der Waals surface area contributed by atoms with Crippen LogP contribution in [0.15, 0.2) is 18.0 Å². The molecule has 0 aromatic carbocycles. The average molecular weight is 98.0 g/mol. The molecule has 0 saturated heterocycles. The number of hydrogen-bond donors (Lipinski definition) is 0. The lowest BCUT2D eigenvalue weighted by molar-refractivity contribution is -0.149. The lowest BCUT2D eigenvalue weighted by atomic mass is 10.6. The van der Waals surface area contributed by atoms with Crippen LogP contribution in [0.4, 0.5) is 0 Å². The van der Waals surface area contributed by atoms with E-state index in [0.717, 1.165) is 5.31 Å². The molecular formula is C4H3OP. The molecule has 1 nitrogen and oxygen atoms in total. The third-order valence-electron chi connectivity index (χ3n) is 0.578. The van der Waals surface area contributed by atoms with Gasteiger partial charge in [-0.25, -0.2) is 0 Å². The second-order valence-corrected chi connectivity index (χ2v) is 2.29. The van der Waals surface area contributed by atoms with Crippen LogP contribution in [0, 0.1) is 0 Å². The molecule has 0 saturated carbocycles. The summed E-state index contributed by atoms with van der Waals surface area (Å²) in [7, 11) is -1.14. The Bertz CT molecular complexity index is 151. The first-order valence-corrected chi connectivity index (χ1v) is 2.84. The van der Waals surface area contributed by atoms with Gasteiger partial charge in [-0.05, 0) is 6.08 Å². The molecule has 30 valence electrons. The van der Waals surface area contributed by atoms with Crippen molar-refractivity contribution in [2.24, 2.45) is 0 Å². The van der Waals surface area contributed by atoms with Gasteiger partial charge in [0.15, 0.2) is 7.77 Å². The lowest BCUT2D eigenvalue weighted by Crippen LogP contribution is -1.74. The molecule has 1 aliphatic heterocycles. The van der Waals surface area contributed by atoms with E-state index in [1.54, 1.807) is 6.08 Å². The largest absolute Gasteiger partial charge is 0.618 e. The normalized spacial score (nSPS) is 21.5. The summed E-state index contributed by atoms with van der Waals surface area (Å²) < 4.78 is 0. The van der Waals surface area contributed by atoms with Crippen molar-refractivity contribution < 1.29 is 4.89 Å². The van der Waals surface area contributed by atoms with Gasteiger partial charge in [-0.2, -0.15) is 0 Å². The Morgan fingerprint density at radius 1 is 2.00 bits per heavy atom. The second kappa shape index (κ2) is 1.06. The van der Waals surface area contributed by atoms with Gasteiger partial charge in [0, 0.05) is 0 Å². The Morgan fingerprint density at radius 2 is 2.50 bits per heavy atom. The van der Waals surface area contributed by atoms with Crippen molar-refractivity contribution in [1.29, 1.82) is 0 Å². The summed E-state index contributed by atoms with van der Waals surface area (Å²) in [5.74, 6) is 0. The van der Waals surface area contributed by atoms with Crippen LogP contribution in [0.25, 0.3) is 0 Å². The zero-order valence-electron chi connectivity index (χ0n) is 3.14. The molecular weight excluding hydrogens is 95.0 g/mol. The third kappa shape index (κ3) is 0.438. The van der Waals surface area contributed by atoms with Crippen molar-refractivity contribution in [1.82, 2.24) is 0 Å². The highest BCUT2D eigenvalue weighted by molar-refractivity contribution is 7.63. The van der Waals surface area contributed by atoms with Crippen LogP contribution < -0.4 is 4.89 Å². The summed E-state index contributed by atoms with van der Waals surface area (Å²) in [4.78, 5) is 10.0. The average Bonchev–Trinajstić information content (AvgIpc) is 2.19. The van der Waals surface area contributed by atoms with Gasteiger partial charge in [-0.1, -0.05) is 6.58 Å². The molecule has 0 aliphatic carbocycles. The first-order valence-electron chi connectivity index (χ1n) is 1.58. The highest BCUT2D eigenvalue weighted by Gasteiger charge is 2.15. The molecule has 0 amide bonds. The van der Waals surface area contributed by atoms with Crippen molar-refractivity contribution in [2.75, 3.05) is 0 Å².